The molecule has 0 saturated carbocycles. The predicted octanol–water partition coefficient (Wildman–Crippen LogP) is 2.25. The number of ether oxygens (including phenoxy) is 2. The Hall–Kier alpha value is -2.28. The fraction of sp³-hybridized carbons (Fsp3) is 0.286. The fourth-order valence-corrected chi connectivity index (χ4v) is 1.26. The van der Waals surface area contributed by atoms with Crippen molar-refractivity contribution in [3.05, 3.63) is 42.0 Å². The molecule has 4 heteroatoms. The van der Waals surface area contributed by atoms with Crippen molar-refractivity contribution >= 4 is 5.97 Å². The Morgan fingerprint density at radius 2 is 2.06 bits per heavy atom. The summed E-state index contributed by atoms with van der Waals surface area (Å²) >= 11 is 0. The van der Waals surface area contributed by atoms with E-state index in [4.69, 9.17) is 14.7 Å². The molecule has 94 valence electrons. The van der Waals surface area contributed by atoms with E-state index in [0.717, 1.165) is 5.56 Å². The molecule has 1 rings (SSSR count). The number of nitriles is 1. The highest BCUT2D eigenvalue weighted by molar-refractivity contribution is 5.88. The summed E-state index contributed by atoms with van der Waals surface area (Å²) in [5.41, 5.74) is 1.20. The first kappa shape index (κ1) is 13.8. The molecule has 0 aliphatic rings. The molecule has 1 aromatic carbocycles. The van der Waals surface area contributed by atoms with Gasteiger partial charge in [0.15, 0.2) is 0 Å². The zero-order chi connectivity index (χ0) is 13.4. The number of carbonyl (C=O) groups is 1. The van der Waals surface area contributed by atoms with Crippen LogP contribution >= 0.6 is 0 Å². The van der Waals surface area contributed by atoms with Crippen LogP contribution in [0.15, 0.2) is 36.4 Å². The van der Waals surface area contributed by atoms with Gasteiger partial charge in [0.1, 0.15) is 12.4 Å². The SMILES string of the molecule is C=C(COc1ccc(CC#N)cc1)C(=O)OCC. The lowest BCUT2D eigenvalue weighted by atomic mass is 10.2. The number of hydrogen-bond acceptors (Lipinski definition) is 4. The third-order valence-corrected chi connectivity index (χ3v) is 2.18. The lowest BCUT2D eigenvalue weighted by Crippen LogP contribution is -2.13. The maximum Gasteiger partial charge on any atom is 0.336 e. The first-order chi connectivity index (χ1) is 8.67. The average molecular weight is 245 g/mol. The molecule has 0 bridgehead atoms. The number of esters is 1. The van der Waals surface area contributed by atoms with E-state index >= 15 is 0 Å². The summed E-state index contributed by atoms with van der Waals surface area (Å²) < 4.78 is 10.2. The second kappa shape index (κ2) is 7.13. The highest BCUT2D eigenvalue weighted by Crippen LogP contribution is 2.13. The molecule has 0 heterocycles. The maximum absolute atomic E-state index is 11.3. The Kier molecular flexibility index (Phi) is 5.46. The van der Waals surface area contributed by atoms with Crippen LogP contribution in [0.3, 0.4) is 0 Å². The molecule has 1 aromatic rings. The first-order valence-electron chi connectivity index (χ1n) is 5.61. The van der Waals surface area contributed by atoms with Gasteiger partial charge in [0, 0.05) is 0 Å². The second-order valence-electron chi connectivity index (χ2n) is 3.59. The highest BCUT2D eigenvalue weighted by Gasteiger charge is 2.08. The van der Waals surface area contributed by atoms with Crippen LogP contribution in [0.4, 0.5) is 0 Å². The van der Waals surface area contributed by atoms with E-state index < -0.39 is 5.97 Å². The molecule has 0 aromatic heterocycles. The van der Waals surface area contributed by atoms with E-state index in [9.17, 15) is 4.79 Å². The Balaban J connectivity index is 2.46. The van der Waals surface area contributed by atoms with Crippen LogP contribution in [0.1, 0.15) is 12.5 Å². The third-order valence-electron chi connectivity index (χ3n) is 2.18. The number of hydrogen-bond donors (Lipinski definition) is 0. The molecule has 18 heavy (non-hydrogen) atoms. The summed E-state index contributed by atoms with van der Waals surface area (Å²) in [6, 6.07) is 9.20. The lowest BCUT2D eigenvalue weighted by molar-refractivity contribution is -0.138. The molecule has 0 amide bonds. The Morgan fingerprint density at radius 1 is 1.39 bits per heavy atom. The smallest absolute Gasteiger partial charge is 0.336 e. The van der Waals surface area contributed by atoms with Gasteiger partial charge in [-0.1, -0.05) is 18.7 Å². The van der Waals surface area contributed by atoms with Gasteiger partial charge in [-0.3, -0.25) is 0 Å². The molecule has 0 atom stereocenters. The summed E-state index contributed by atoms with van der Waals surface area (Å²) in [6.45, 7) is 5.74. The van der Waals surface area contributed by atoms with E-state index in [2.05, 4.69) is 12.6 Å². The van der Waals surface area contributed by atoms with Gasteiger partial charge >= 0.3 is 5.97 Å². The minimum absolute atomic E-state index is 0.0937. The largest absolute Gasteiger partial charge is 0.489 e. The van der Waals surface area contributed by atoms with Crippen molar-refractivity contribution in [2.75, 3.05) is 13.2 Å². The summed E-state index contributed by atoms with van der Waals surface area (Å²) in [6.07, 6.45) is 0.371. The van der Waals surface area contributed by atoms with Crippen molar-refractivity contribution in [2.45, 2.75) is 13.3 Å². The van der Waals surface area contributed by atoms with Crippen LogP contribution in [0.2, 0.25) is 0 Å². The molecule has 0 unspecified atom stereocenters. The minimum atomic E-state index is -0.446. The van der Waals surface area contributed by atoms with E-state index in [0.29, 0.717) is 18.8 Å². The predicted molar refractivity (Wildman–Crippen MR) is 67.0 cm³/mol. The number of nitrogens with zero attached hydrogens (tertiary/aromatic N) is 1. The van der Waals surface area contributed by atoms with Crippen molar-refractivity contribution < 1.29 is 14.3 Å². The topological polar surface area (TPSA) is 59.3 Å². The molecule has 0 fully saturated rings. The fourth-order valence-electron chi connectivity index (χ4n) is 1.26. The molecule has 0 spiro atoms. The van der Waals surface area contributed by atoms with Crippen LogP contribution in [0.25, 0.3) is 0 Å². The van der Waals surface area contributed by atoms with Gasteiger partial charge < -0.3 is 9.47 Å². The summed E-state index contributed by atoms with van der Waals surface area (Å²) in [5, 5.41) is 8.53. The van der Waals surface area contributed by atoms with Crippen molar-refractivity contribution in [3.63, 3.8) is 0 Å². The van der Waals surface area contributed by atoms with Gasteiger partial charge in [-0.25, -0.2) is 4.79 Å². The summed E-state index contributed by atoms with van der Waals surface area (Å²) in [4.78, 5) is 11.3. The molecule has 0 N–H and O–H groups in total. The van der Waals surface area contributed by atoms with Crippen molar-refractivity contribution in [1.29, 1.82) is 5.26 Å². The van der Waals surface area contributed by atoms with E-state index in [1.54, 1.807) is 19.1 Å². The van der Waals surface area contributed by atoms with Gasteiger partial charge in [-0.15, -0.1) is 0 Å². The standard InChI is InChI=1S/C14H15NO3/c1-3-17-14(16)11(2)10-18-13-6-4-12(5-7-13)8-9-15/h4-7H,2-3,8,10H2,1H3. The normalized spacial score (nSPS) is 9.33. The molecular formula is C14H15NO3. The molecule has 0 aliphatic heterocycles. The second-order valence-corrected chi connectivity index (χ2v) is 3.59. The van der Waals surface area contributed by atoms with E-state index in [-0.39, 0.29) is 12.2 Å². The Labute approximate surface area is 106 Å². The van der Waals surface area contributed by atoms with E-state index in [1.165, 1.54) is 0 Å². The molecule has 0 aliphatic carbocycles. The monoisotopic (exact) mass is 245 g/mol. The minimum Gasteiger partial charge on any atom is -0.489 e. The molecule has 0 radical (unpaired) electrons. The zero-order valence-electron chi connectivity index (χ0n) is 10.3. The number of benzene rings is 1. The van der Waals surface area contributed by atoms with Crippen molar-refractivity contribution in [2.24, 2.45) is 0 Å². The van der Waals surface area contributed by atoms with Gasteiger partial charge in [-0.2, -0.15) is 5.26 Å². The van der Waals surface area contributed by atoms with Gasteiger partial charge in [0.05, 0.1) is 24.7 Å². The summed E-state index contributed by atoms with van der Waals surface area (Å²) in [5.74, 6) is 0.181. The van der Waals surface area contributed by atoms with Crippen molar-refractivity contribution in [3.8, 4) is 11.8 Å². The number of carbonyl (C=O) groups excluding carboxylic acids is 1. The van der Waals surface area contributed by atoms with Crippen LogP contribution in [-0.2, 0) is 16.0 Å². The van der Waals surface area contributed by atoms with Crippen LogP contribution in [-0.4, -0.2) is 19.2 Å². The zero-order valence-corrected chi connectivity index (χ0v) is 10.3. The average Bonchev–Trinajstić information content (AvgIpc) is 2.38. The Bertz CT molecular complexity index is 457. The van der Waals surface area contributed by atoms with Crippen LogP contribution in [0.5, 0.6) is 5.75 Å². The van der Waals surface area contributed by atoms with Crippen molar-refractivity contribution in [1.82, 2.24) is 0 Å². The van der Waals surface area contributed by atoms with Crippen LogP contribution < -0.4 is 4.74 Å². The Morgan fingerprint density at radius 3 is 2.61 bits per heavy atom. The highest BCUT2D eigenvalue weighted by atomic mass is 16.5. The molecule has 0 saturated heterocycles. The van der Waals surface area contributed by atoms with E-state index in [1.807, 2.05) is 12.1 Å². The first-order valence-corrected chi connectivity index (χ1v) is 5.61. The maximum atomic E-state index is 11.3. The summed E-state index contributed by atoms with van der Waals surface area (Å²) in [7, 11) is 0. The molecular weight excluding hydrogens is 230 g/mol. The van der Waals surface area contributed by atoms with Crippen LogP contribution in [0, 0.1) is 11.3 Å². The number of rotatable bonds is 6. The quantitative estimate of drug-likeness (QED) is 0.569. The van der Waals surface area contributed by atoms with Gasteiger partial charge in [0.25, 0.3) is 0 Å². The third kappa shape index (κ3) is 4.30. The molecule has 4 nitrogen and oxygen atoms in total. The lowest BCUT2D eigenvalue weighted by Gasteiger charge is -2.08. The van der Waals surface area contributed by atoms with Gasteiger partial charge in [-0.05, 0) is 24.6 Å². The van der Waals surface area contributed by atoms with Gasteiger partial charge in [0.2, 0.25) is 0 Å².